The molecule has 1 unspecified atom stereocenters. The van der Waals surface area contributed by atoms with Crippen molar-refractivity contribution in [3.8, 4) is 0 Å². The summed E-state index contributed by atoms with van der Waals surface area (Å²) in [5, 5.41) is 2.60. The molecule has 3 rings (SSSR count). The monoisotopic (exact) mass is 287 g/mol. The van der Waals surface area contributed by atoms with Gasteiger partial charge in [0.05, 0.1) is 0 Å². The van der Waals surface area contributed by atoms with Crippen LogP contribution in [0.2, 0.25) is 0 Å². The summed E-state index contributed by atoms with van der Waals surface area (Å²) in [6.07, 6.45) is 2.26. The van der Waals surface area contributed by atoms with Gasteiger partial charge < -0.3 is 16.0 Å². The maximum atomic E-state index is 12.6. The molecule has 1 atom stereocenters. The number of carbonyl (C=O) groups excluding carboxylic acids is 2. The number of nitrogens with one attached hydrogen (secondary N) is 1. The minimum atomic E-state index is -0.133. The van der Waals surface area contributed by atoms with Crippen molar-refractivity contribution in [1.82, 2.24) is 10.2 Å². The minimum Gasteiger partial charge on any atom is -0.355 e. The molecule has 1 heterocycles. The second kappa shape index (κ2) is 4.84. The van der Waals surface area contributed by atoms with Crippen LogP contribution in [0.15, 0.2) is 18.2 Å². The predicted molar refractivity (Wildman–Crippen MR) is 80.1 cm³/mol. The molecule has 1 saturated heterocycles. The minimum absolute atomic E-state index is 0.0146. The third kappa shape index (κ3) is 2.31. The van der Waals surface area contributed by atoms with Crippen molar-refractivity contribution in [2.24, 2.45) is 11.1 Å². The Morgan fingerprint density at radius 3 is 2.62 bits per heavy atom. The molecule has 5 nitrogen and oxygen atoms in total. The van der Waals surface area contributed by atoms with Crippen LogP contribution >= 0.6 is 0 Å². The van der Waals surface area contributed by atoms with Crippen molar-refractivity contribution < 1.29 is 9.59 Å². The maximum absolute atomic E-state index is 12.6. The van der Waals surface area contributed by atoms with E-state index in [4.69, 9.17) is 5.73 Å². The summed E-state index contributed by atoms with van der Waals surface area (Å²) in [6.45, 7) is 3.25. The number of rotatable bonds is 2. The van der Waals surface area contributed by atoms with E-state index in [0.29, 0.717) is 17.7 Å². The molecule has 1 aliphatic carbocycles. The number of carbonyl (C=O) groups is 2. The number of aryl methyl sites for hydroxylation is 1. The van der Waals surface area contributed by atoms with Crippen LogP contribution in [0, 0.1) is 12.3 Å². The van der Waals surface area contributed by atoms with E-state index in [2.05, 4.69) is 5.32 Å². The summed E-state index contributed by atoms with van der Waals surface area (Å²) in [5.41, 5.74) is 8.38. The van der Waals surface area contributed by atoms with Crippen molar-refractivity contribution in [1.29, 1.82) is 0 Å². The molecule has 1 saturated carbocycles. The fourth-order valence-corrected chi connectivity index (χ4v) is 3.21. The van der Waals surface area contributed by atoms with E-state index in [0.717, 1.165) is 24.9 Å². The molecule has 0 bridgehead atoms. The predicted octanol–water partition coefficient (Wildman–Crippen LogP) is 0.918. The van der Waals surface area contributed by atoms with E-state index in [1.165, 1.54) is 0 Å². The molecule has 2 amide bonds. The van der Waals surface area contributed by atoms with Crippen molar-refractivity contribution in [3.63, 3.8) is 0 Å². The number of likely N-dealkylation sites (tertiary alicyclic amines) is 1. The molecule has 5 heteroatoms. The zero-order valence-electron chi connectivity index (χ0n) is 12.5. The first-order chi connectivity index (χ1) is 9.97. The zero-order valence-corrected chi connectivity index (χ0v) is 12.5. The first-order valence-electron chi connectivity index (χ1n) is 7.34. The molecule has 21 heavy (non-hydrogen) atoms. The van der Waals surface area contributed by atoms with Crippen molar-refractivity contribution in [2.45, 2.75) is 25.8 Å². The number of nitrogens with two attached hydrogens (primary N) is 1. The number of benzene rings is 1. The van der Waals surface area contributed by atoms with Crippen LogP contribution in [-0.2, 0) is 0 Å². The van der Waals surface area contributed by atoms with Gasteiger partial charge in [-0.2, -0.15) is 0 Å². The van der Waals surface area contributed by atoms with Crippen LogP contribution in [0.5, 0.6) is 0 Å². The molecule has 1 aromatic rings. The molecule has 0 radical (unpaired) electrons. The van der Waals surface area contributed by atoms with E-state index in [9.17, 15) is 9.59 Å². The van der Waals surface area contributed by atoms with E-state index < -0.39 is 0 Å². The highest BCUT2D eigenvalue weighted by Gasteiger charge is 2.54. The average Bonchev–Trinajstić information content (AvgIpc) is 3.18. The summed E-state index contributed by atoms with van der Waals surface area (Å²) in [6, 6.07) is 5.33. The Morgan fingerprint density at radius 1 is 1.38 bits per heavy atom. The van der Waals surface area contributed by atoms with Crippen molar-refractivity contribution >= 4 is 11.8 Å². The molecule has 3 N–H and O–H groups in total. The molecule has 0 aromatic heterocycles. The third-order valence-corrected chi connectivity index (χ3v) is 4.83. The first kappa shape index (κ1) is 14.1. The fraction of sp³-hybridized carbons (Fsp3) is 0.500. The van der Waals surface area contributed by atoms with E-state index in [1.54, 1.807) is 25.2 Å². The number of nitrogens with zero attached hydrogens (tertiary/aromatic N) is 1. The van der Waals surface area contributed by atoms with Gasteiger partial charge >= 0.3 is 0 Å². The lowest BCUT2D eigenvalue weighted by molar-refractivity contribution is 0.0783. The summed E-state index contributed by atoms with van der Waals surface area (Å²) in [4.78, 5) is 26.1. The highest BCUT2D eigenvalue weighted by Crippen LogP contribution is 2.52. The van der Waals surface area contributed by atoms with Gasteiger partial charge in [0.1, 0.15) is 0 Å². The summed E-state index contributed by atoms with van der Waals surface area (Å²) < 4.78 is 0. The Hall–Kier alpha value is -1.88. The second-order valence-electron chi connectivity index (χ2n) is 6.26. The Kier molecular flexibility index (Phi) is 3.24. The summed E-state index contributed by atoms with van der Waals surface area (Å²) in [5.74, 6) is -0.118. The average molecular weight is 287 g/mol. The molecule has 2 aliphatic rings. The van der Waals surface area contributed by atoms with Crippen LogP contribution in [0.25, 0.3) is 0 Å². The molecular weight excluding hydrogens is 266 g/mol. The van der Waals surface area contributed by atoms with Gasteiger partial charge in [-0.15, -0.1) is 0 Å². The fourth-order valence-electron chi connectivity index (χ4n) is 3.21. The largest absolute Gasteiger partial charge is 0.355 e. The van der Waals surface area contributed by atoms with Gasteiger partial charge in [-0.05, 0) is 43.5 Å². The number of hydrogen-bond acceptors (Lipinski definition) is 3. The molecule has 1 aliphatic heterocycles. The van der Waals surface area contributed by atoms with Crippen molar-refractivity contribution in [3.05, 3.63) is 34.9 Å². The van der Waals surface area contributed by atoms with Crippen LogP contribution in [0.4, 0.5) is 0 Å². The second-order valence-corrected chi connectivity index (χ2v) is 6.26. The van der Waals surface area contributed by atoms with Crippen LogP contribution < -0.4 is 11.1 Å². The van der Waals surface area contributed by atoms with Crippen LogP contribution in [-0.4, -0.2) is 42.9 Å². The van der Waals surface area contributed by atoms with E-state index in [-0.39, 0.29) is 23.3 Å². The summed E-state index contributed by atoms with van der Waals surface area (Å²) >= 11 is 0. The van der Waals surface area contributed by atoms with Gasteiger partial charge in [0.15, 0.2) is 0 Å². The molecule has 1 spiro atoms. The quantitative estimate of drug-likeness (QED) is 0.849. The topological polar surface area (TPSA) is 75.4 Å². The van der Waals surface area contributed by atoms with Crippen LogP contribution in [0.1, 0.15) is 39.1 Å². The Bertz CT molecular complexity index is 608. The Morgan fingerprint density at radius 2 is 2.10 bits per heavy atom. The smallest absolute Gasteiger partial charge is 0.253 e. The number of amides is 2. The highest BCUT2D eigenvalue weighted by atomic mass is 16.2. The SMILES string of the molecule is CNC(=O)c1ccc(C(=O)N2CC(N)C3(CC3)C2)cc1C. The maximum Gasteiger partial charge on any atom is 0.253 e. The molecule has 2 fully saturated rings. The van der Waals surface area contributed by atoms with Crippen LogP contribution in [0.3, 0.4) is 0 Å². The Balaban J connectivity index is 1.79. The normalized spacial score (nSPS) is 22.4. The summed E-state index contributed by atoms with van der Waals surface area (Å²) in [7, 11) is 1.60. The molecule has 112 valence electrons. The van der Waals surface area contributed by atoms with E-state index in [1.807, 2.05) is 11.8 Å². The van der Waals surface area contributed by atoms with Gasteiger partial charge in [0.2, 0.25) is 0 Å². The highest BCUT2D eigenvalue weighted by molar-refractivity contribution is 5.99. The lowest BCUT2D eigenvalue weighted by atomic mass is 10.0. The third-order valence-electron chi connectivity index (χ3n) is 4.83. The molecule has 1 aromatic carbocycles. The standard InChI is InChI=1S/C16H21N3O2/c1-10-7-11(3-4-12(10)14(20)18-2)15(21)19-8-13(17)16(9-19)5-6-16/h3-4,7,13H,5-6,8-9,17H2,1-2H3,(H,18,20). The van der Waals surface area contributed by atoms with Gasteiger partial charge in [0.25, 0.3) is 11.8 Å². The lowest BCUT2D eigenvalue weighted by Gasteiger charge is -2.17. The first-order valence-corrected chi connectivity index (χ1v) is 7.34. The van der Waals surface area contributed by atoms with Crippen molar-refractivity contribution in [2.75, 3.05) is 20.1 Å². The van der Waals surface area contributed by atoms with E-state index >= 15 is 0 Å². The van der Waals surface area contributed by atoms with Gasteiger partial charge in [-0.1, -0.05) is 0 Å². The number of hydrogen-bond donors (Lipinski definition) is 2. The van der Waals surface area contributed by atoms with Gasteiger partial charge in [0, 0.05) is 42.7 Å². The van der Waals surface area contributed by atoms with Gasteiger partial charge in [-0.3, -0.25) is 9.59 Å². The Labute approximate surface area is 124 Å². The lowest BCUT2D eigenvalue weighted by Crippen LogP contribution is -2.32. The van der Waals surface area contributed by atoms with Gasteiger partial charge in [-0.25, -0.2) is 0 Å². The molecular formula is C16H21N3O2. The zero-order chi connectivity index (χ0) is 15.2.